The predicted octanol–water partition coefficient (Wildman–Crippen LogP) is 3.31. The molecule has 1 aliphatic rings. The largest absolute Gasteiger partial charge is 0.382 e. The molecule has 0 bridgehead atoms. The first-order valence-electron chi connectivity index (χ1n) is 9.68. The molecular formula is C20H30N4O2S. The fourth-order valence-electron chi connectivity index (χ4n) is 3.49. The highest BCUT2D eigenvalue weighted by atomic mass is 32.1. The van der Waals surface area contributed by atoms with Gasteiger partial charge in [0.2, 0.25) is 0 Å². The summed E-state index contributed by atoms with van der Waals surface area (Å²) in [5.74, 6) is 0. The molecule has 0 aliphatic carbocycles. The van der Waals surface area contributed by atoms with Gasteiger partial charge in [-0.15, -0.1) is 11.3 Å². The highest BCUT2D eigenvalue weighted by molar-refractivity contribution is 7.15. The van der Waals surface area contributed by atoms with E-state index in [4.69, 9.17) is 4.74 Å². The van der Waals surface area contributed by atoms with Crippen molar-refractivity contribution in [3.8, 4) is 5.00 Å². The minimum Gasteiger partial charge on any atom is -0.382 e. The Morgan fingerprint density at radius 1 is 1.37 bits per heavy atom. The van der Waals surface area contributed by atoms with Crippen LogP contribution in [0.1, 0.15) is 42.3 Å². The van der Waals surface area contributed by atoms with Crippen molar-refractivity contribution >= 4 is 17.4 Å². The van der Waals surface area contributed by atoms with Gasteiger partial charge in [-0.1, -0.05) is 0 Å². The Balaban J connectivity index is 1.72. The normalized spacial score (nSPS) is 15.4. The van der Waals surface area contributed by atoms with Gasteiger partial charge in [0, 0.05) is 55.7 Å². The summed E-state index contributed by atoms with van der Waals surface area (Å²) in [4.78, 5) is 16.1. The molecule has 7 heteroatoms. The number of carbonyl (C=O) groups is 1. The average Bonchev–Trinajstić information content (AvgIpc) is 3.28. The van der Waals surface area contributed by atoms with Crippen LogP contribution in [0.2, 0.25) is 0 Å². The van der Waals surface area contributed by atoms with Crippen LogP contribution in [0.15, 0.2) is 24.5 Å². The fourth-order valence-corrected chi connectivity index (χ4v) is 4.98. The van der Waals surface area contributed by atoms with Crippen molar-refractivity contribution < 1.29 is 9.53 Å². The minimum atomic E-state index is -0.120. The van der Waals surface area contributed by atoms with Gasteiger partial charge >= 0.3 is 6.03 Å². The molecule has 1 atom stereocenters. The fraction of sp³-hybridized carbons (Fsp3) is 0.550. The van der Waals surface area contributed by atoms with Gasteiger partial charge in [0.15, 0.2) is 0 Å². The van der Waals surface area contributed by atoms with E-state index in [1.807, 2.05) is 30.4 Å². The number of carbonyl (C=O) groups excluding carboxylic acids is 1. The van der Waals surface area contributed by atoms with E-state index in [-0.39, 0.29) is 12.1 Å². The summed E-state index contributed by atoms with van der Waals surface area (Å²) < 4.78 is 7.47. The van der Waals surface area contributed by atoms with Gasteiger partial charge in [-0.05, 0) is 51.4 Å². The van der Waals surface area contributed by atoms with Gasteiger partial charge in [-0.2, -0.15) is 0 Å². The first-order chi connectivity index (χ1) is 13.1. The Kier molecular flexibility index (Phi) is 6.93. The molecule has 3 rings (SSSR count). The molecule has 0 spiro atoms. The molecule has 148 valence electrons. The zero-order valence-corrected chi connectivity index (χ0v) is 17.3. The predicted molar refractivity (Wildman–Crippen MR) is 110 cm³/mol. The summed E-state index contributed by atoms with van der Waals surface area (Å²) in [6.07, 6.45) is 6.00. The SMILES string of the molecule is CCOCCCNC(=O)NC(C)c1c(-n2cccc2)sc2c1CCN(C)C2. The summed E-state index contributed by atoms with van der Waals surface area (Å²) in [7, 11) is 2.16. The molecule has 1 aliphatic heterocycles. The van der Waals surface area contributed by atoms with Crippen LogP contribution in [0.4, 0.5) is 4.79 Å². The number of urea groups is 1. The first kappa shape index (κ1) is 19.9. The number of nitrogens with zero attached hydrogens (tertiary/aromatic N) is 2. The number of likely N-dealkylation sites (N-methyl/N-ethyl adjacent to an activating group) is 1. The summed E-state index contributed by atoms with van der Waals surface area (Å²) in [5.41, 5.74) is 2.66. The number of rotatable bonds is 8. The van der Waals surface area contributed by atoms with Crippen LogP contribution in [0.5, 0.6) is 0 Å². The third kappa shape index (κ3) is 4.91. The van der Waals surface area contributed by atoms with Crippen LogP contribution in [-0.2, 0) is 17.7 Å². The van der Waals surface area contributed by atoms with Crippen LogP contribution in [0.3, 0.4) is 0 Å². The van der Waals surface area contributed by atoms with E-state index in [0.29, 0.717) is 19.8 Å². The van der Waals surface area contributed by atoms with Crippen molar-refractivity contribution in [1.82, 2.24) is 20.1 Å². The van der Waals surface area contributed by atoms with Crippen LogP contribution < -0.4 is 10.6 Å². The van der Waals surface area contributed by atoms with Gasteiger partial charge in [0.25, 0.3) is 0 Å². The number of nitrogens with one attached hydrogen (secondary N) is 2. The molecule has 2 aromatic heterocycles. The van der Waals surface area contributed by atoms with Crippen LogP contribution in [-0.4, -0.2) is 48.8 Å². The average molecular weight is 391 g/mol. The summed E-state index contributed by atoms with van der Waals surface area (Å²) in [6, 6.07) is 3.92. The number of amides is 2. The van der Waals surface area contributed by atoms with Crippen molar-refractivity contribution in [2.24, 2.45) is 0 Å². The van der Waals surface area contributed by atoms with E-state index in [2.05, 4.69) is 46.5 Å². The van der Waals surface area contributed by atoms with Crippen molar-refractivity contribution in [2.75, 3.05) is 33.4 Å². The maximum atomic E-state index is 12.3. The van der Waals surface area contributed by atoms with Gasteiger partial charge in [0.05, 0.1) is 6.04 Å². The Morgan fingerprint density at radius 2 is 2.15 bits per heavy atom. The smallest absolute Gasteiger partial charge is 0.315 e. The number of fused-ring (bicyclic) bond motifs is 1. The van der Waals surface area contributed by atoms with Crippen LogP contribution in [0, 0.1) is 0 Å². The van der Waals surface area contributed by atoms with Crippen molar-refractivity contribution in [3.63, 3.8) is 0 Å². The summed E-state index contributed by atoms with van der Waals surface area (Å²) >= 11 is 1.84. The summed E-state index contributed by atoms with van der Waals surface area (Å²) in [5, 5.41) is 7.27. The number of thiophene rings is 1. The maximum Gasteiger partial charge on any atom is 0.315 e. The molecule has 2 amide bonds. The molecule has 2 aromatic rings. The molecular weight excluding hydrogens is 360 g/mol. The third-order valence-corrected chi connectivity index (χ3v) is 6.09. The minimum absolute atomic E-state index is 0.0438. The zero-order chi connectivity index (χ0) is 19.2. The number of ether oxygens (including phenoxy) is 1. The number of hydrogen-bond acceptors (Lipinski definition) is 4. The van der Waals surface area contributed by atoms with Crippen molar-refractivity contribution in [2.45, 2.75) is 39.3 Å². The topological polar surface area (TPSA) is 58.5 Å². The van der Waals surface area contributed by atoms with E-state index >= 15 is 0 Å². The quantitative estimate of drug-likeness (QED) is 0.680. The maximum absolute atomic E-state index is 12.3. The molecule has 2 N–H and O–H groups in total. The van der Waals surface area contributed by atoms with E-state index in [1.54, 1.807) is 0 Å². The summed E-state index contributed by atoms with van der Waals surface area (Å²) in [6.45, 7) is 8.09. The van der Waals surface area contributed by atoms with E-state index in [0.717, 1.165) is 25.9 Å². The number of hydrogen-bond donors (Lipinski definition) is 2. The van der Waals surface area contributed by atoms with Crippen LogP contribution >= 0.6 is 11.3 Å². The van der Waals surface area contributed by atoms with Crippen molar-refractivity contribution in [3.05, 3.63) is 40.5 Å². The molecule has 1 unspecified atom stereocenters. The Labute approximate surface area is 165 Å². The van der Waals surface area contributed by atoms with Crippen LogP contribution in [0.25, 0.3) is 5.00 Å². The Hall–Kier alpha value is -1.83. The molecule has 0 radical (unpaired) electrons. The second-order valence-electron chi connectivity index (χ2n) is 6.97. The standard InChI is InChI=1S/C20H30N4O2S/c1-4-26-13-7-9-21-20(25)22-15(2)18-16-8-12-23(3)14-17(16)27-19(18)24-10-5-6-11-24/h5-6,10-11,15H,4,7-9,12-14H2,1-3H3,(H2,21,22,25). The highest BCUT2D eigenvalue weighted by Gasteiger charge is 2.27. The van der Waals surface area contributed by atoms with Gasteiger partial charge < -0.3 is 24.8 Å². The lowest BCUT2D eigenvalue weighted by Crippen LogP contribution is -2.38. The van der Waals surface area contributed by atoms with E-state index < -0.39 is 0 Å². The van der Waals surface area contributed by atoms with Gasteiger partial charge in [-0.25, -0.2) is 4.79 Å². The van der Waals surface area contributed by atoms with Gasteiger partial charge in [-0.3, -0.25) is 0 Å². The highest BCUT2D eigenvalue weighted by Crippen LogP contribution is 2.38. The monoisotopic (exact) mass is 390 g/mol. The molecule has 0 aromatic carbocycles. The van der Waals surface area contributed by atoms with Gasteiger partial charge in [0.1, 0.15) is 5.00 Å². The number of aromatic nitrogens is 1. The lowest BCUT2D eigenvalue weighted by atomic mass is 9.98. The van der Waals surface area contributed by atoms with E-state index in [9.17, 15) is 4.79 Å². The van der Waals surface area contributed by atoms with E-state index in [1.165, 1.54) is 21.0 Å². The third-order valence-electron chi connectivity index (χ3n) is 4.84. The molecule has 0 saturated heterocycles. The second-order valence-corrected chi connectivity index (χ2v) is 8.06. The Morgan fingerprint density at radius 3 is 2.89 bits per heavy atom. The molecule has 27 heavy (non-hydrogen) atoms. The molecule has 3 heterocycles. The lowest BCUT2D eigenvalue weighted by molar-refractivity contribution is 0.145. The zero-order valence-electron chi connectivity index (χ0n) is 16.5. The molecule has 0 fully saturated rings. The first-order valence-corrected chi connectivity index (χ1v) is 10.5. The van der Waals surface area contributed by atoms with Crippen molar-refractivity contribution in [1.29, 1.82) is 0 Å². The molecule has 0 saturated carbocycles. The second kappa shape index (κ2) is 9.39. The molecule has 6 nitrogen and oxygen atoms in total. The Bertz CT molecular complexity index is 742. The lowest BCUT2D eigenvalue weighted by Gasteiger charge is -2.24.